The molecule has 1 atom stereocenters. The maximum Gasteiger partial charge on any atom is 0.246 e. The number of hydrogen-bond acceptors (Lipinski definition) is 5. The van der Waals surface area contributed by atoms with Crippen LogP contribution in [-0.2, 0) is 14.8 Å². The number of rotatable bonds is 3. The highest BCUT2D eigenvalue weighted by molar-refractivity contribution is 7.89. The molecule has 7 nitrogen and oxygen atoms in total. The maximum absolute atomic E-state index is 12.3. The number of halogens is 1. The number of hydrogen-bond donors (Lipinski definition) is 1. The number of amides is 1. The minimum absolute atomic E-state index is 0.0207. The molecule has 2 rings (SSSR count). The van der Waals surface area contributed by atoms with Gasteiger partial charge in [-0.1, -0.05) is 0 Å². The Bertz CT molecular complexity index is 575. The zero-order chi connectivity index (χ0) is 14.0. The van der Waals surface area contributed by atoms with Crippen molar-refractivity contribution < 1.29 is 13.2 Å². The number of nitrogens with zero attached hydrogens (tertiary/aromatic N) is 3. The van der Waals surface area contributed by atoms with Gasteiger partial charge in [-0.05, 0) is 24.4 Å². The second-order valence-electron chi connectivity index (χ2n) is 4.29. The molecule has 1 aliphatic rings. The Morgan fingerprint density at radius 3 is 2.63 bits per heavy atom. The first-order valence-electron chi connectivity index (χ1n) is 5.68. The molecule has 9 heteroatoms. The fourth-order valence-electron chi connectivity index (χ4n) is 1.98. The van der Waals surface area contributed by atoms with Crippen molar-refractivity contribution in [2.75, 3.05) is 13.1 Å². The van der Waals surface area contributed by atoms with Crippen LogP contribution >= 0.6 is 11.6 Å². The highest BCUT2D eigenvalue weighted by Crippen LogP contribution is 2.23. The molecule has 0 aromatic carbocycles. The Morgan fingerprint density at radius 1 is 1.42 bits per heavy atom. The van der Waals surface area contributed by atoms with E-state index in [1.54, 1.807) is 0 Å². The van der Waals surface area contributed by atoms with Gasteiger partial charge < -0.3 is 5.73 Å². The summed E-state index contributed by atoms with van der Waals surface area (Å²) in [6.07, 6.45) is 3.51. The molecule has 1 amide bonds. The van der Waals surface area contributed by atoms with Crippen LogP contribution in [0.25, 0.3) is 0 Å². The Balaban J connectivity index is 2.24. The van der Waals surface area contributed by atoms with Crippen LogP contribution < -0.4 is 5.73 Å². The van der Waals surface area contributed by atoms with Crippen LogP contribution in [0.3, 0.4) is 0 Å². The lowest BCUT2D eigenvalue weighted by molar-refractivity contribution is -0.122. The largest absolute Gasteiger partial charge is 0.369 e. The second-order valence-corrected chi connectivity index (χ2v) is 6.57. The van der Waals surface area contributed by atoms with Gasteiger partial charge in [0.05, 0.1) is 18.3 Å². The molecule has 0 saturated carbocycles. The average molecular weight is 305 g/mol. The number of carbonyl (C=O) groups is 1. The molecule has 1 saturated heterocycles. The Kier molecular flexibility index (Phi) is 4.02. The van der Waals surface area contributed by atoms with Crippen molar-refractivity contribution in [2.24, 2.45) is 11.7 Å². The first-order valence-corrected chi connectivity index (χ1v) is 7.50. The molecule has 1 unspecified atom stereocenters. The van der Waals surface area contributed by atoms with Crippen LogP contribution in [0.2, 0.25) is 5.28 Å². The van der Waals surface area contributed by atoms with Gasteiger partial charge in [0.2, 0.25) is 21.2 Å². The van der Waals surface area contributed by atoms with Gasteiger partial charge in [0.1, 0.15) is 4.90 Å². The number of primary amides is 1. The van der Waals surface area contributed by atoms with Crippen molar-refractivity contribution in [3.05, 3.63) is 17.7 Å². The SMILES string of the molecule is NC(=O)C1CCCN(S(=O)(=O)c2cnc(Cl)nc2)C1. The van der Waals surface area contributed by atoms with Crippen molar-refractivity contribution in [1.82, 2.24) is 14.3 Å². The summed E-state index contributed by atoms with van der Waals surface area (Å²) in [7, 11) is -3.70. The standard InChI is InChI=1S/C10H13ClN4O3S/c11-10-13-4-8(5-14-10)19(17,18)15-3-1-2-7(6-15)9(12)16/h4-5,7H,1-3,6H2,(H2,12,16). The summed E-state index contributed by atoms with van der Waals surface area (Å²) >= 11 is 5.52. The normalized spacial score (nSPS) is 21.2. The molecule has 2 heterocycles. The summed E-state index contributed by atoms with van der Waals surface area (Å²) in [6, 6.07) is 0. The minimum Gasteiger partial charge on any atom is -0.369 e. The third kappa shape index (κ3) is 3.02. The molecule has 1 aliphatic heterocycles. The summed E-state index contributed by atoms with van der Waals surface area (Å²) < 4.78 is 25.9. The van der Waals surface area contributed by atoms with Gasteiger partial charge in [0.15, 0.2) is 0 Å². The third-order valence-corrected chi connectivity index (χ3v) is 5.03. The summed E-state index contributed by atoms with van der Waals surface area (Å²) in [4.78, 5) is 18.4. The summed E-state index contributed by atoms with van der Waals surface area (Å²) in [5.74, 6) is -0.927. The Morgan fingerprint density at radius 2 is 2.05 bits per heavy atom. The van der Waals surface area contributed by atoms with Gasteiger partial charge in [-0.25, -0.2) is 18.4 Å². The highest BCUT2D eigenvalue weighted by Gasteiger charge is 2.32. The van der Waals surface area contributed by atoms with E-state index in [1.807, 2.05) is 0 Å². The predicted molar refractivity (Wildman–Crippen MR) is 67.7 cm³/mol. The molecule has 0 radical (unpaired) electrons. The lowest BCUT2D eigenvalue weighted by Crippen LogP contribution is -2.44. The van der Waals surface area contributed by atoms with Crippen LogP contribution in [0.5, 0.6) is 0 Å². The van der Waals surface area contributed by atoms with Crippen LogP contribution in [0.15, 0.2) is 17.3 Å². The number of aromatic nitrogens is 2. The number of piperidine rings is 1. The van der Waals surface area contributed by atoms with Gasteiger partial charge in [-0.2, -0.15) is 4.31 Å². The van der Waals surface area contributed by atoms with E-state index in [0.717, 1.165) is 12.4 Å². The molecule has 1 aromatic rings. The summed E-state index contributed by atoms with van der Waals surface area (Å²) in [5.41, 5.74) is 5.23. The monoisotopic (exact) mass is 304 g/mol. The minimum atomic E-state index is -3.70. The van der Waals surface area contributed by atoms with Gasteiger partial charge in [0.25, 0.3) is 0 Å². The lowest BCUT2D eigenvalue weighted by Gasteiger charge is -2.30. The van der Waals surface area contributed by atoms with Gasteiger partial charge in [0, 0.05) is 13.1 Å². The van der Waals surface area contributed by atoms with Crippen LogP contribution in [-0.4, -0.2) is 41.7 Å². The number of carbonyl (C=O) groups excluding carboxylic acids is 1. The van der Waals surface area contributed by atoms with Crippen LogP contribution in [0.4, 0.5) is 0 Å². The van der Waals surface area contributed by atoms with E-state index in [-0.39, 0.29) is 16.7 Å². The highest BCUT2D eigenvalue weighted by atomic mass is 35.5. The van der Waals surface area contributed by atoms with Gasteiger partial charge >= 0.3 is 0 Å². The van der Waals surface area contributed by atoms with E-state index >= 15 is 0 Å². The zero-order valence-corrected chi connectivity index (χ0v) is 11.6. The van der Waals surface area contributed by atoms with Crippen molar-refractivity contribution in [3.63, 3.8) is 0 Å². The quantitative estimate of drug-likeness (QED) is 0.792. The van der Waals surface area contributed by atoms with E-state index in [4.69, 9.17) is 17.3 Å². The maximum atomic E-state index is 12.3. The number of sulfonamides is 1. The summed E-state index contributed by atoms with van der Waals surface area (Å²) in [5, 5.41) is -0.0207. The van der Waals surface area contributed by atoms with E-state index in [1.165, 1.54) is 4.31 Å². The smallest absolute Gasteiger partial charge is 0.246 e. The topological polar surface area (TPSA) is 106 Å². The van der Waals surface area contributed by atoms with E-state index in [2.05, 4.69) is 9.97 Å². The van der Waals surface area contributed by atoms with Crippen molar-refractivity contribution in [2.45, 2.75) is 17.7 Å². The molecule has 19 heavy (non-hydrogen) atoms. The molecule has 0 bridgehead atoms. The van der Waals surface area contributed by atoms with Crippen molar-refractivity contribution in [1.29, 1.82) is 0 Å². The predicted octanol–water partition coefficient (Wildman–Crippen LogP) is 0.0160. The molecule has 1 fully saturated rings. The zero-order valence-electron chi connectivity index (χ0n) is 9.99. The fraction of sp³-hybridized carbons (Fsp3) is 0.500. The van der Waals surface area contributed by atoms with Crippen LogP contribution in [0.1, 0.15) is 12.8 Å². The first kappa shape index (κ1) is 14.2. The van der Waals surface area contributed by atoms with Crippen molar-refractivity contribution in [3.8, 4) is 0 Å². The van der Waals surface area contributed by atoms with Crippen LogP contribution in [0, 0.1) is 5.92 Å². The third-order valence-electron chi connectivity index (χ3n) is 3.02. The first-order chi connectivity index (χ1) is 8.91. The molecule has 2 N–H and O–H groups in total. The Hall–Kier alpha value is -1.25. The van der Waals surface area contributed by atoms with E-state index in [9.17, 15) is 13.2 Å². The number of nitrogens with two attached hydrogens (primary N) is 1. The lowest BCUT2D eigenvalue weighted by atomic mass is 9.99. The van der Waals surface area contributed by atoms with Gasteiger partial charge in [-0.3, -0.25) is 4.79 Å². The van der Waals surface area contributed by atoms with Gasteiger partial charge in [-0.15, -0.1) is 0 Å². The Labute approximate surface area is 115 Å². The van der Waals surface area contributed by atoms with Crippen molar-refractivity contribution >= 4 is 27.5 Å². The summed E-state index contributed by atoms with van der Waals surface area (Å²) in [6.45, 7) is 0.453. The second kappa shape index (κ2) is 5.40. The average Bonchev–Trinajstić information content (AvgIpc) is 2.39. The molecule has 0 spiro atoms. The molecule has 1 aromatic heterocycles. The molecule has 104 valence electrons. The van der Waals surface area contributed by atoms with E-state index in [0.29, 0.717) is 19.4 Å². The molecule has 0 aliphatic carbocycles. The fourth-order valence-corrected chi connectivity index (χ4v) is 3.49. The molecular formula is C10H13ClN4O3S. The van der Waals surface area contributed by atoms with E-state index < -0.39 is 21.8 Å². The molecular weight excluding hydrogens is 292 g/mol.